The third-order valence-electron chi connectivity index (χ3n) is 2.84. The Labute approximate surface area is 90.9 Å². The second-order valence-electron chi connectivity index (χ2n) is 4.05. The van der Waals surface area contributed by atoms with Crippen LogP contribution in [0.3, 0.4) is 0 Å². The summed E-state index contributed by atoms with van der Waals surface area (Å²) in [5.41, 5.74) is 1.73. The lowest BCUT2D eigenvalue weighted by molar-refractivity contribution is 0.0724. The zero-order chi connectivity index (χ0) is 10.7. The van der Waals surface area contributed by atoms with Gasteiger partial charge in [0.2, 0.25) is 0 Å². The molecule has 1 aliphatic heterocycles. The van der Waals surface area contributed by atoms with E-state index >= 15 is 0 Å². The van der Waals surface area contributed by atoms with Gasteiger partial charge >= 0.3 is 0 Å². The molecule has 1 aliphatic rings. The fourth-order valence-electron chi connectivity index (χ4n) is 1.93. The summed E-state index contributed by atoms with van der Waals surface area (Å²) in [5, 5.41) is 0. The van der Waals surface area contributed by atoms with Crippen LogP contribution in [0.25, 0.3) is 0 Å². The van der Waals surface area contributed by atoms with Crippen molar-refractivity contribution in [1.82, 2.24) is 4.90 Å². The highest BCUT2D eigenvalue weighted by Gasteiger charge is 2.17. The summed E-state index contributed by atoms with van der Waals surface area (Å²) in [6.07, 6.45) is 3.53. The lowest BCUT2D eigenvalue weighted by Gasteiger charge is -2.26. The van der Waals surface area contributed by atoms with Gasteiger partial charge in [0, 0.05) is 18.7 Å². The number of benzene rings is 1. The normalized spacial score (nSPS) is 16.5. The van der Waals surface area contributed by atoms with Crippen molar-refractivity contribution in [3.63, 3.8) is 0 Å². The Hall–Kier alpha value is -1.31. The van der Waals surface area contributed by atoms with Crippen molar-refractivity contribution in [3.05, 3.63) is 42.3 Å². The van der Waals surface area contributed by atoms with E-state index in [-0.39, 0.29) is 5.91 Å². The van der Waals surface area contributed by atoms with Crippen LogP contribution in [0.15, 0.2) is 24.3 Å². The van der Waals surface area contributed by atoms with Crippen molar-refractivity contribution in [1.29, 1.82) is 0 Å². The molecule has 0 atom stereocenters. The first-order valence-electron chi connectivity index (χ1n) is 5.49. The number of nitrogens with zero attached hydrogens (tertiary/aromatic N) is 1. The molecule has 15 heavy (non-hydrogen) atoms. The molecule has 0 unspecified atom stereocenters. The Morgan fingerprint density at radius 1 is 1.07 bits per heavy atom. The fraction of sp³-hybridized carbons (Fsp3) is 0.385. The van der Waals surface area contributed by atoms with Gasteiger partial charge in [0.15, 0.2) is 0 Å². The van der Waals surface area contributed by atoms with Crippen molar-refractivity contribution in [2.45, 2.75) is 19.3 Å². The summed E-state index contributed by atoms with van der Waals surface area (Å²) in [7, 11) is 0. The molecule has 0 saturated carbocycles. The van der Waals surface area contributed by atoms with Gasteiger partial charge in [0.25, 0.3) is 5.91 Å². The van der Waals surface area contributed by atoms with E-state index in [0.717, 1.165) is 37.1 Å². The summed E-state index contributed by atoms with van der Waals surface area (Å²) in [5.74, 6) is 0.162. The number of hydrogen-bond acceptors (Lipinski definition) is 1. The van der Waals surface area contributed by atoms with Gasteiger partial charge in [-0.05, 0) is 43.9 Å². The average molecular weight is 202 g/mol. The maximum Gasteiger partial charge on any atom is 0.253 e. The zero-order valence-corrected chi connectivity index (χ0v) is 8.91. The monoisotopic (exact) mass is 202 g/mol. The van der Waals surface area contributed by atoms with Gasteiger partial charge in [-0.25, -0.2) is 0 Å². The molecule has 0 aromatic heterocycles. The molecule has 1 radical (unpaired) electrons. The molecule has 2 rings (SSSR count). The first-order chi connectivity index (χ1) is 7.27. The second-order valence-corrected chi connectivity index (χ2v) is 4.05. The van der Waals surface area contributed by atoms with E-state index in [4.69, 9.17) is 0 Å². The minimum Gasteiger partial charge on any atom is -0.339 e. The molecule has 1 heterocycles. The van der Waals surface area contributed by atoms with E-state index in [1.54, 1.807) is 0 Å². The minimum absolute atomic E-state index is 0.162. The number of rotatable bonds is 1. The highest BCUT2D eigenvalue weighted by atomic mass is 16.2. The highest BCUT2D eigenvalue weighted by Crippen LogP contribution is 2.13. The average Bonchev–Trinajstić information content (AvgIpc) is 2.30. The van der Waals surface area contributed by atoms with E-state index in [1.807, 2.05) is 29.2 Å². The Morgan fingerprint density at radius 2 is 1.67 bits per heavy atom. The van der Waals surface area contributed by atoms with Crippen molar-refractivity contribution >= 4 is 5.91 Å². The van der Waals surface area contributed by atoms with Crippen molar-refractivity contribution in [2.75, 3.05) is 13.1 Å². The molecule has 1 amide bonds. The van der Waals surface area contributed by atoms with Crippen LogP contribution < -0.4 is 0 Å². The lowest BCUT2D eigenvalue weighted by Crippen LogP contribution is -2.35. The van der Waals surface area contributed by atoms with Gasteiger partial charge in [-0.3, -0.25) is 4.79 Å². The predicted molar refractivity (Wildman–Crippen MR) is 60.7 cm³/mol. The van der Waals surface area contributed by atoms with Gasteiger partial charge in [-0.2, -0.15) is 0 Å². The van der Waals surface area contributed by atoms with Crippen LogP contribution in [0.5, 0.6) is 0 Å². The highest BCUT2D eigenvalue weighted by molar-refractivity contribution is 5.94. The topological polar surface area (TPSA) is 20.3 Å². The Bertz CT molecular complexity index is 336. The predicted octanol–water partition coefficient (Wildman–Crippen LogP) is 2.49. The number of piperidine rings is 1. The van der Waals surface area contributed by atoms with Gasteiger partial charge in [0.1, 0.15) is 0 Å². The van der Waals surface area contributed by atoms with Gasteiger partial charge in [0.05, 0.1) is 0 Å². The quantitative estimate of drug-likeness (QED) is 0.685. The standard InChI is InChI=1S/C13H16NO/c1-11-5-7-12(8-6-11)13(15)14-9-3-2-4-10-14/h5-8H,1-4,9-10H2. The third-order valence-corrected chi connectivity index (χ3v) is 2.84. The lowest BCUT2D eigenvalue weighted by atomic mass is 10.1. The summed E-state index contributed by atoms with van der Waals surface area (Å²) in [6, 6.07) is 7.49. The zero-order valence-electron chi connectivity index (χ0n) is 8.91. The molecule has 1 saturated heterocycles. The first kappa shape index (κ1) is 10.2. The Morgan fingerprint density at radius 3 is 2.27 bits per heavy atom. The molecule has 1 aromatic rings. The Kier molecular flexibility index (Phi) is 3.05. The third kappa shape index (κ3) is 2.38. The van der Waals surface area contributed by atoms with E-state index in [9.17, 15) is 4.79 Å². The summed E-state index contributed by atoms with van der Waals surface area (Å²) < 4.78 is 0. The van der Waals surface area contributed by atoms with Crippen LogP contribution in [0.1, 0.15) is 35.2 Å². The number of carbonyl (C=O) groups is 1. The van der Waals surface area contributed by atoms with Crippen molar-refractivity contribution in [3.8, 4) is 0 Å². The van der Waals surface area contributed by atoms with Crippen LogP contribution in [0.2, 0.25) is 0 Å². The van der Waals surface area contributed by atoms with E-state index < -0.39 is 0 Å². The van der Waals surface area contributed by atoms with Crippen LogP contribution >= 0.6 is 0 Å². The maximum absolute atomic E-state index is 12.0. The van der Waals surface area contributed by atoms with E-state index in [2.05, 4.69) is 6.92 Å². The summed E-state index contributed by atoms with van der Waals surface area (Å²) in [4.78, 5) is 14.0. The van der Waals surface area contributed by atoms with Gasteiger partial charge in [-0.1, -0.05) is 12.1 Å². The molecule has 79 valence electrons. The molecule has 2 nitrogen and oxygen atoms in total. The summed E-state index contributed by atoms with van der Waals surface area (Å²) in [6.45, 7) is 5.62. The van der Waals surface area contributed by atoms with Crippen LogP contribution in [0, 0.1) is 6.92 Å². The van der Waals surface area contributed by atoms with Crippen LogP contribution in [-0.4, -0.2) is 23.9 Å². The fourth-order valence-corrected chi connectivity index (χ4v) is 1.93. The summed E-state index contributed by atoms with van der Waals surface area (Å²) >= 11 is 0. The molecular weight excluding hydrogens is 186 g/mol. The maximum atomic E-state index is 12.0. The number of likely N-dealkylation sites (tertiary alicyclic amines) is 1. The minimum atomic E-state index is 0.162. The molecule has 0 bridgehead atoms. The van der Waals surface area contributed by atoms with Crippen LogP contribution in [0.4, 0.5) is 0 Å². The largest absolute Gasteiger partial charge is 0.339 e. The first-order valence-corrected chi connectivity index (χ1v) is 5.49. The van der Waals surface area contributed by atoms with Crippen LogP contribution in [-0.2, 0) is 0 Å². The van der Waals surface area contributed by atoms with E-state index in [0.29, 0.717) is 0 Å². The van der Waals surface area contributed by atoms with Gasteiger partial charge < -0.3 is 4.90 Å². The van der Waals surface area contributed by atoms with E-state index in [1.165, 1.54) is 6.42 Å². The van der Waals surface area contributed by atoms with Crippen molar-refractivity contribution in [2.24, 2.45) is 0 Å². The molecular formula is C13H16NO. The molecule has 2 heteroatoms. The Balaban J connectivity index is 2.09. The number of hydrogen-bond donors (Lipinski definition) is 0. The SMILES string of the molecule is [CH2]c1ccc(C(=O)N2CCCCC2)cc1. The molecule has 0 aliphatic carbocycles. The van der Waals surface area contributed by atoms with Crippen molar-refractivity contribution < 1.29 is 4.79 Å². The van der Waals surface area contributed by atoms with Gasteiger partial charge in [-0.15, -0.1) is 0 Å². The molecule has 0 N–H and O–H groups in total. The molecule has 1 aromatic carbocycles. The number of amides is 1. The number of carbonyl (C=O) groups excluding carboxylic acids is 1. The second kappa shape index (κ2) is 4.47. The molecule has 0 spiro atoms. The molecule has 1 fully saturated rings. The smallest absolute Gasteiger partial charge is 0.253 e.